The number of nitrogens with one attached hydrogen (secondary N) is 3. The van der Waals surface area contributed by atoms with E-state index in [0.717, 1.165) is 45.0 Å². The molecule has 1 heterocycles. The zero-order valence-corrected chi connectivity index (χ0v) is 14.7. The molecule has 0 amide bonds. The van der Waals surface area contributed by atoms with Crippen LogP contribution in [0.25, 0.3) is 0 Å². The van der Waals surface area contributed by atoms with E-state index < -0.39 is 0 Å². The molecule has 1 unspecified atom stereocenters. The average molecular weight is 314 g/mol. The molecule has 0 bridgehead atoms. The molecule has 6 heteroatoms. The number of hydrogen-bond donors (Lipinski definition) is 4. The Balaban J connectivity index is 2.46. The number of rotatable bonds is 8. The topological polar surface area (TPSA) is 77.9 Å². The predicted octanol–water partition coefficient (Wildman–Crippen LogP) is 0.719. The normalized spacial score (nSPS) is 22.9. The summed E-state index contributed by atoms with van der Waals surface area (Å²) in [6, 6.07) is 0. The largest absolute Gasteiger partial charge is 0.396 e. The summed E-state index contributed by atoms with van der Waals surface area (Å²) in [5.74, 6) is 0.836. The maximum atomic E-state index is 9.27. The van der Waals surface area contributed by atoms with Gasteiger partial charge in [0.05, 0.1) is 13.2 Å². The lowest BCUT2D eigenvalue weighted by Gasteiger charge is -2.25. The second kappa shape index (κ2) is 9.33. The first-order chi connectivity index (χ1) is 10.4. The first-order valence-electron chi connectivity index (χ1n) is 8.37. The second-order valence-corrected chi connectivity index (χ2v) is 7.07. The smallest absolute Gasteiger partial charge is 0.191 e. The summed E-state index contributed by atoms with van der Waals surface area (Å²) in [6.45, 7) is 13.4. The molecule has 1 atom stereocenters. The van der Waals surface area contributed by atoms with Crippen molar-refractivity contribution < 1.29 is 9.84 Å². The van der Waals surface area contributed by atoms with Gasteiger partial charge in [-0.05, 0) is 40.5 Å². The monoisotopic (exact) mass is 314 g/mol. The van der Waals surface area contributed by atoms with Gasteiger partial charge in [-0.25, -0.2) is 0 Å². The number of aliphatic hydroxyl groups is 1. The molecule has 0 saturated carbocycles. The lowest BCUT2D eigenvalue weighted by molar-refractivity contribution is 0.131. The number of aliphatic hydroxyl groups excluding tert-OH is 1. The molecule has 1 fully saturated rings. The number of aliphatic imine (C=N–C) groups is 1. The lowest BCUT2D eigenvalue weighted by Crippen LogP contribution is -2.45. The predicted molar refractivity (Wildman–Crippen MR) is 91.3 cm³/mol. The van der Waals surface area contributed by atoms with Gasteiger partial charge in [-0.2, -0.15) is 0 Å². The fourth-order valence-corrected chi connectivity index (χ4v) is 2.49. The molecular weight excluding hydrogens is 280 g/mol. The van der Waals surface area contributed by atoms with Crippen molar-refractivity contribution in [1.29, 1.82) is 0 Å². The van der Waals surface area contributed by atoms with Gasteiger partial charge in [0.25, 0.3) is 0 Å². The molecule has 1 aliphatic rings. The number of guanidine groups is 1. The van der Waals surface area contributed by atoms with Crippen LogP contribution in [-0.2, 0) is 4.74 Å². The molecule has 6 nitrogen and oxygen atoms in total. The van der Waals surface area contributed by atoms with E-state index in [1.807, 2.05) is 0 Å². The fourth-order valence-electron chi connectivity index (χ4n) is 2.49. The van der Waals surface area contributed by atoms with Crippen molar-refractivity contribution in [3.8, 4) is 0 Å². The van der Waals surface area contributed by atoms with E-state index in [9.17, 15) is 5.11 Å². The van der Waals surface area contributed by atoms with Gasteiger partial charge in [-0.15, -0.1) is 0 Å². The summed E-state index contributed by atoms with van der Waals surface area (Å²) in [6.07, 6.45) is 1.73. The summed E-state index contributed by atoms with van der Waals surface area (Å²) < 4.78 is 5.51. The van der Waals surface area contributed by atoms with Crippen molar-refractivity contribution in [3.63, 3.8) is 0 Å². The van der Waals surface area contributed by atoms with E-state index in [1.54, 1.807) is 0 Å². The summed E-state index contributed by atoms with van der Waals surface area (Å²) in [4.78, 5) is 4.70. The van der Waals surface area contributed by atoms with E-state index >= 15 is 0 Å². The fraction of sp³-hybridized carbons (Fsp3) is 0.938. The molecule has 4 N–H and O–H groups in total. The number of nitrogens with zero attached hydrogens (tertiary/aromatic N) is 1. The molecule has 130 valence electrons. The molecule has 0 aromatic heterocycles. The van der Waals surface area contributed by atoms with E-state index in [2.05, 4.69) is 43.6 Å². The summed E-state index contributed by atoms with van der Waals surface area (Å²) in [5.41, 5.74) is 0.129. The standard InChI is InChI=1S/C16H34N4O2/c1-5-17-14(18-8-9-20-15(2,3)4)19-12-16(6-10-21)7-11-22-13-16/h20-21H,5-13H2,1-4H3,(H2,17,18,19). The molecule has 0 radical (unpaired) electrons. The van der Waals surface area contributed by atoms with Gasteiger partial charge < -0.3 is 25.8 Å². The average Bonchev–Trinajstić information content (AvgIpc) is 2.89. The van der Waals surface area contributed by atoms with Crippen molar-refractivity contribution in [3.05, 3.63) is 0 Å². The van der Waals surface area contributed by atoms with E-state index in [1.165, 1.54) is 0 Å². The van der Waals surface area contributed by atoms with Crippen molar-refractivity contribution in [1.82, 2.24) is 16.0 Å². The van der Waals surface area contributed by atoms with Crippen molar-refractivity contribution in [2.45, 2.75) is 46.1 Å². The van der Waals surface area contributed by atoms with Crippen LogP contribution in [0.15, 0.2) is 4.99 Å². The first-order valence-corrected chi connectivity index (χ1v) is 8.37. The lowest BCUT2D eigenvalue weighted by atomic mass is 9.84. The minimum Gasteiger partial charge on any atom is -0.396 e. The van der Waals surface area contributed by atoms with Crippen LogP contribution < -0.4 is 16.0 Å². The molecule has 1 rings (SSSR count). The Morgan fingerprint density at radius 1 is 1.27 bits per heavy atom. The van der Waals surface area contributed by atoms with Gasteiger partial charge in [0, 0.05) is 43.8 Å². The van der Waals surface area contributed by atoms with Gasteiger partial charge in [0.1, 0.15) is 0 Å². The Kier molecular flexibility index (Phi) is 8.14. The maximum Gasteiger partial charge on any atom is 0.191 e. The van der Waals surface area contributed by atoms with Crippen LogP contribution in [0.5, 0.6) is 0 Å². The van der Waals surface area contributed by atoms with Gasteiger partial charge in [0.15, 0.2) is 5.96 Å². The Bertz CT molecular complexity index is 334. The molecule has 1 saturated heterocycles. The number of ether oxygens (including phenoxy) is 1. The molecule has 22 heavy (non-hydrogen) atoms. The van der Waals surface area contributed by atoms with Crippen LogP contribution in [0.3, 0.4) is 0 Å². The maximum absolute atomic E-state index is 9.27. The van der Waals surface area contributed by atoms with E-state index in [0.29, 0.717) is 13.2 Å². The molecule has 0 spiro atoms. The third kappa shape index (κ3) is 7.42. The second-order valence-electron chi connectivity index (χ2n) is 7.07. The summed E-state index contributed by atoms with van der Waals surface area (Å²) in [7, 11) is 0. The highest BCUT2D eigenvalue weighted by atomic mass is 16.5. The Morgan fingerprint density at radius 3 is 2.59 bits per heavy atom. The molecule has 0 aromatic rings. The molecule has 0 aliphatic carbocycles. The highest BCUT2D eigenvalue weighted by Gasteiger charge is 2.34. The third-order valence-electron chi connectivity index (χ3n) is 3.82. The quantitative estimate of drug-likeness (QED) is 0.302. The minimum atomic E-state index is 0.000755. The first kappa shape index (κ1) is 19.2. The third-order valence-corrected chi connectivity index (χ3v) is 3.82. The van der Waals surface area contributed by atoms with Crippen LogP contribution in [0.1, 0.15) is 40.5 Å². The zero-order chi connectivity index (χ0) is 16.5. The van der Waals surface area contributed by atoms with Crippen LogP contribution in [0.2, 0.25) is 0 Å². The Hall–Kier alpha value is -0.850. The molecule has 1 aliphatic heterocycles. The number of hydrogen-bond acceptors (Lipinski definition) is 4. The Morgan fingerprint density at radius 2 is 2.05 bits per heavy atom. The zero-order valence-electron chi connectivity index (χ0n) is 14.7. The van der Waals surface area contributed by atoms with Crippen molar-refractivity contribution in [2.24, 2.45) is 10.4 Å². The van der Waals surface area contributed by atoms with Crippen LogP contribution >= 0.6 is 0 Å². The van der Waals surface area contributed by atoms with E-state index in [-0.39, 0.29) is 17.6 Å². The molecule has 0 aromatic carbocycles. The van der Waals surface area contributed by atoms with Crippen LogP contribution in [0.4, 0.5) is 0 Å². The summed E-state index contributed by atoms with van der Waals surface area (Å²) >= 11 is 0. The van der Waals surface area contributed by atoms with Gasteiger partial charge in [0.2, 0.25) is 0 Å². The van der Waals surface area contributed by atoms with Gasteiger partial charge in [-0.1, -0.05) is 0 Å². The van der Waals surface area contributed by atoms with Crippen molar-refractivity contribution in [2.75, 3.05) is 46.0 Å². The highest BCUT2D eigenvalue weighted by Crippen LogP contribution is 2.32. The van der Waals surface area contributed by atoms with Crippen molar-refractivity contribution >= 4 is 5.96 Å². The minimum absolute atomic E-state index is 0.000755. The van der Waals surface area contributed by atoms with Crippen LogP contribution in [-0.4, -0.2) is 62.6 Å². The van der Waals surface area contributed by atoms with Gasteiger partial charge in [-0.3, -0.25) is 4.99 Å². The molecular formula is C16H34N4O2. The highest BCUT2D eigenvalue weighted by molar-refractivity contribution is 5.79. The SMILES string of the molecule is CCNC(=NCC1(CCO)CCOC1)NCCNC(C)(C)C. The van der Waals surface area contributed by atoms with Gasteiger partial charge >= 0.3 is 0 Å². The van der Waals surface area contributed by atoms with E-state index in [4.69, 9.17) is 9.73 Å². The summed E-state index contributed by atoms with van der Waals surface area (Å²) in [5, 5.41) is 19.3. The van der Waals surface area contributed by atoms with Crippen LogP contribution in [0, 0.1) is 5.41 Å². The Labute approximate surface area is 135 Å².